The first-order valence-electron chi connectivity index (χ1n) is 11.0. The number of ether oxygens (including phenoxy) is 2. The molecule has 1 aromatic carbocycles. The van der Waals surface area contributed by atoms with Gasteiger partial charge in [0.2, 0.25) is 0 Å². The number of benzene rings is 1. The minimum absolute atomic E-state index is 0. The highest BCUT2D eigenvalue weighted by molar-refractivity contribution is 7.10. The lowest BCUT2D eigenvalue weighted by atomic mass is 9.86. The van der Waals surface area contributed by atoms with Crippen molar-refractivity contribution in [2.75, 3.05) is 27.3 Å². The summed E-state index contributed by atoms with van der Waals surface area (Å²) < 4.78 is 11.2. The van der Waals surface area contributed by atoms with Crippen LogP contribution in [0.1, 0.15) is 61.5 Å². The number of thiophene rings is 1. The second-order valence-electron chi connectivity index (χ2n) is 7.85. The molecule has 3 rings (SSSR count). The Morgan fingerprint density at radius 3 is 2.58 bits per heavy atom. The second-order valence-corrected chi connectivity index (χ2v) is 8.83. The predicted molar refractivity (Wildman–Crippen MR) is 137 cm³/mol. The number of fused-ring (bicyclic) bond motifs is 1. The maximum absolute atomic E-state index is 5.68. The zero-order valence-corrected chi connectivity index (χ0v) is 21.6. The van der Waals surface area contributed by atoms with Crippen LogP contribution in [0.25, 0.3) is 0 Å². The smallest absolute Gasteiger partial charge is 0.164 e. The van der Waals surface area contributed by atoms with Crippen LogP contribution in [0.2, 0.25) is 0 Å². The molecule has 0 spiro atoms. The van der Waals surface area contributed by atoms with Gasteiger partial charge in [0.1, 0.15) is 0 Å². The Balaban J connectivity index is 0.00000240. The lowest BCUT2D eigenvalue weighted by Gasteiger charge is -2.37. The normalized spacial score (nSPS) is 16.1. The molecule has 2 unspecified atom stereocenters. The average molecular weight is 490 g/mol. The molecule has 2 atom stereocenters. The monoisotopic (exact) mass is 488 g/mol. The van der Waals surface area contributed by atoms with Gasteiger partial charge in [0.15, 0.2) is 11.5 Å². The SMILES string of the molecule is CCCCC(CN(NCC)C1CCc2c(ccc(OC)c2OC)C1)c1cccs1.Cl.Cl. The molecule has 1 aliphatic carbocycles. The molecule has 0 saturated heterocycles. The van der Waals surface area contributed by atoms with Crippen LogP contribution in [0.15, 0.2) is 29.6 Å². The van der Waals surface area contributed by atoms with E-state index in [1.165, 1.54) is 35.3 Å². The Morgan fingerprint density at radius 2 is 1.97 bits per heavy atom. The molecule has 31 heavy (non-hydrogen) atoms. The number of hydrogen-bond acceptors (Lipinski definition) is 5. The molecule has 0 aliphatic heterocycles. The minimum Gasteiger partial charge on any atom is -0.493 e. The average Bonchev–Trinajstić information content (AvgIpc) is 3.29. The fraction of sp³-hybridized carbons (Fsp3) is 0.583. The third-order valence-corrected chi connectivity index (χ3v) is 7.03. The van der Waals surface area contributed by atoms with Crippen LogP contribution in [-0.4, -0.2) is 38.4 Å². The molecule has 4 nitrogen and oxygen atoms in total. The quantitative estimate of drug-likeness (QED) is 0.378. The van der Waals surface area contributed by atoms with E-state index in [1.807, 2.05) is 17.4 Å². The van der Waals surface area contributed by atoms with Crippen molar-refractivity contribution in [2.24, 2.45) is 0 Å². The van der Waals surface area contributed by atoms with Crippen molar-refractivity contribution in [3.8, 4) is 11.5 Å². The molecule has 1 heterocycles. The summed E-state index contributed by atoms with van der Waals surface area (Å²) >= 11 is 1.90. The topological polar surface area (TPSA) is 33.7 Å². The zero-order chi connectivity index (χ0) is 20.6. The standard InChI is InChI=1S/C24H36N2O2S.2ClH/c1-5-7-9-19(23-10-8-15-29-23)17-26(25-6-2)20-12-13-21-18(16-20)11-14-22(27-3)24(21)28-4;;/h8,10-11,14-15,19-20,25H,5-7,9,12-13,16-17H2,1-4H3;2*1H. The van der Waals surface area contributed by atoms with Gasteiger partial charge in [0, 0.05) is 35.5 Å². The van der Waals surface area contributed by atoms with E-state index >= 15 is 0 Å². The van der Waals surface area contributed by atoms with E-state index in [0.717, 1.165) is 43.9 Å². The number of nitrogens with zero attached hydrogens (tertiary/aromatic N) is 1. The summed E-state index contributed by atoms with van der Waals surface area (Å²) in [6.07, 6.45) is 7.00. The number of methoxy groups -OCH3 is 2. The number of unbranched alkanes of at least 4 members (excludes halogenated alkanes) is 1. The highest BCUT2D eigenvalue weighted by Gasteiger charge is 2.29. The second kappa shape index (κ2) is 14.2. The van der Waals surface area contributed by atoms with Crippen molar-refractivity contribution >= 4 is 36.2 Å². The first-order valence-corrected chi connectivity index (χ1v) is 11.9. The lowest BCUT2D eigenvalue weighted by molar-refractivity contribution is 0.104. The van der Waals surface area contributed by atoms with Crippen LogP contribution in [0.4, 0.5) is 0 Å². The molecule has 1 N–H and O–H groups in total. The molecular formula is C24H38Cl2N2O2S. The minimum atomic E-state index is 0. The van der Waals surface area contributed by atoms with Gasteiger partial charge in [-0.25, -0.2) is 5.01 Å². The number of rotatable bonds is 11. The number of hydrazine groups is 1. The highest BCUT2D eigenvalue weighted by Crippen LogP contribution is 2.38. The Hall–Kier alpha value is -0.980. The first kappa shape index (κ1) is 28.1. The van der Waals surface area contributed by atoms with Gasteiger partial charge in [-0.05, 0) is 48.8 Å². The Labute approximate surface area is 204 Å². The number of halogens is 2. The van der Waals surface area contributed by atoms with E-state index in [-0.39, 0.29) is 24.8 Å². The Kier molecular flexibility index (Phi) is 12.9. The van der Waals surface area contributed by atoms with Gasteiger partial charge in [-0.15, -0.1) is 36.2 Å². The van der Waals surface area contributed by atoms with Gasteiger partial charge in [-0.2, -0.15) is 0 Å². The predicted octanol–water partition coefficient (Wildman–Crippen LogP) is 6.27. The van der Waals surface area contributed by atoms with E-state index in [4.69, 9.17) is 9.47 Å². The van der Waals surface area contributed by atoms with Crippen LogP contribution in [0.5, 0.6) is 11.5 Å². The fourth-order valence-corrected chi connectivity index (χ4v) is 5.37. The van der Waals surface area contributed by atoms with Gasteiger partial charge in [0.25, 0.3) is 0 Å². The van der Waals surface area contributed by atoms with Gasteiger partial charge in [-0.1, -0.05) is 38.8 Å². The number of hydrogen-bond donors (Lipinski definition) is 1. The van der Waals surface area contributed by atoms with Gasteiger partial charge >= 0.3 is 0 Å². The maximum Gasteiger partial charge on any atom is 0.164 e. The van der Waals surface area contributed by atoms with E-state index in [1.54, 1.807) is 14.2 Å². The van der Waals surface area contributed by atoms with Gasteiger partial charge in [-0.3, -0.25) is 5.43 Å². The third kappa shape index (κ3) is 7.00. The van der Waals surface area contributed by atoms with Gasteiger partial charge in [0.05, 0.1) is 14.2 Å². The molecule has 1 aliphatic rings. The van der Waals surface area contributed by atoms with Crippen LogP contribution in [0, 0.1) is 0 Å². The third-order valence-electron chi connectivity index (χ3n) is 6.00. The maximum atomic E-state index is 5.68. The summed E-state index contributed by atoms with van der Waals surface area (Å²) in [6.45, 7) is 6.51. The molecule has 1 aromatic heterocycles. The van der Waals surface area contributed by atoms with Crippen molar-refractivity contribution in [1.29, 1.82) is 0 Å². The van der Waals surface area contributed by atoms with E-state index in [0.29, 0.717) is 12.0 Å². The largest absolute Gasteiger partial charge is 0.493 e. The van der Waals surface area contributed by atoms with Crippen molar-refractivity contribution in [1.82, 2.24) is 10.4 Å². The number of nitrogens with one attached hydrogen (secondary N) is 1. The lowest BCUT2D eigenvalue weighted by Crippen LogP contribution is -2.49. The molecule has 176 valence electrons. The van der Waals surface area contributed by atoms with Crippen molar-refractivity contribution in [3.05, 3.63) is 45.6 Å². The first-order chi connectivity index (χ1) is 14.2. The van der Waals surface area contributed by atoms with Crippen molar-refractivity contribution in [2.45, 2.75) is 64.3 Å². The van der Waals surface area contributed by atoms with Crippen molar-refractivity contribution in [3.63, 3.8) is 0 Å². The molecule has 7 heteroatoms. The van der Waals surface area contributed by atoms with E-state index < -0.39 is 0 Å². The summed E-state index contributed by atoms with van der Waals surface area (Å²) in [5.74, 6) is 2.35. The molecular weight excluding hydrogens is 451 g/mol. The van der Waals surface area contributed by atoms with Crippen LogP contribution in [0.3, 0.4) is 0 Å². The van der Waals surface area contributed by atoms with Crippen LogP contribution >= 0.6 is 36.2 Å². The summed E-state index contributed by atoms with van der Waals surface area (Å²) in [6, 6.07) is 9.27. The summed E-state index contributed by atoms with van der Waals surface area (Å²) in [5.41, 5.74) is 6.40. The Morgan fingerprint density at radius 1 is 1.16 bits per heavy atom. The summed E-state index contributed by atoms with van der Waals surface area (Å²) in [7, 11) is 3.46. The highest BCUT2D eigenvalue weighted by atomic mass is 35.5. The Bertz CT molecular complexity index is 758. The zero-order valence-electron chi connectivity index (χ0n) is 19.2. The summed E-state index contributed by atoms with van der Waals surface area (Å²) in [5, 5.41) is 4.74. The molecule has 0 saturated carbocycles. The van der Waals surface area contributed by atoms with E-state index in [2.05, 4.69) is 47.9 Å². The van der Waals surface area contributed by atoms with Crippen molar-refractivity contribution < 1.29 is 9.47 Å². The van der Waals surface area contributed by atoms with Gasteiger partial charge < -0.3 is 9.47 Å². The fourth-order valence-electron chi connectivity index (χ4n) is 4.51. The molecule has 0 radical (unpaired) electrons. The molecule has 0 amide bonds. The van der Waals surface area contributed by atoms with E-state index in [9.17, 15) is 0 Å². The van der Waals surface area contributed by atoms with Crippen LogP contribution < -0.4 is 14.9 Å². The van der Waals surface area contributed by atoms with Crippen LogP contribution in [-0.2, 0) is 12.8 Å². The molecule has 0 bridgehead atoms. The molecule has 0 fully saturated rings. The summed E-state index contributed by atoms with van der Waals surface area (Å²) in [4.78, 5) is 1.52. The molecule has 2 aromatic rings.